The molecule has 0 radical (unpaired) electrons. The fourth-order valence-corrected chi connectivity index (χ4v) is 1.45. The van der Waals surface area contributed by atoms with Crippen molar-refractivity contribution >= 4 is 5.78 Å². The van der Waals surface area contributed by atoms with E-state index in [-0.39, 0.29) is 11.4 Å². The molecular weight excluding hydrogens is 202 g/mol. The van der Waals surface area contributed by atoms with Crippen LogP contribution in [0.15, 0.2) is 18.5 Å². The molecule has 0 bridgehead atoms. The molecule has 0 spiro atoms. The van der Waals surface area contributed by atoms with E-state index in [0.29, 0.717) is 6.42 Å². The lowest BCUT2D eigenvalue weighted by Gasteiger charge is -2.22. The van der Waals surface area contributed by atoms with Crippen molar-refractivity contribution in [3.63, 3.8) is 0 Å². The van der Waals surface area contributed by atoms with E-state index in [2.05, 4.69) is 13.8 Å². The Balaban J connectivity index is 2.56. The molecule has 0 fully saturated rings. The van der Waals surface area contributed by atoms with Crippen molar-refractivity contribution in [3.8, 4) is 0 Å². The van der Waals surface area contributed by atoms with Gasteiger partial charge in [-0.15, -0.1) is 0 Å². The zero-order chi connectivity index (χ0) is 12.2. The number of hydrogen-bond donors (Lipinski definition) is 0. The predicted octanol–water partition coefficient (Wildman–Crippen LogP) is 2.90. The van der Waals surface area contributed by atoms with E-state index in [4.69, 9.17) is 4.74 Å². The first-order valence-electron chi connectivity index (χ1n) is 5.72. The summed E-state index contributed by atoms with van der Waals surface area (Å²) in [7, 11) is 1.72. The molecule has 90 valence electrons. The normalized spacial score (nSPS) is 11.8. The molecule has 0 unspecified atom stereocenters. The molecular formula is C13H21NO2. The topological polar surface area (TPSA) is 31.2 Å². The van der Waals surface area contributed by atoms with Crippen molar-refractivity contribution in [3.05, 3.63) is 24.0 Å². The Kier molecular flexibility index (Phi) is 4.30. The highest BCUT2D eigenvalue weighted by Crippen LogP contribution is 2.15. The van der Waals surface area contributed by atoms with Crippen molar-refractivity contribution in [2.45, 2.75) is 45.8 Å². The average molecular weight is 223 g/mol. The molecule has 0 aliphatic heterocycles. The number of nitrogens with zero attached hydrogens (tertiary/aromatic N) is 1. The lowest BCUT2D eigenvalue weighted by atomic mass is 10.1. The standard InChI is InChI=1S/C13H21NO2/c1-5-12(15)11-6-8-14(10-11)9-7-13(2,3)16-4/h6,8,10H,5,7,9H2,1-4H3. The predicted molar refractivity (Wildman–Crippen MR) is 64.8 cm³/mol. The molecule has 0 N–H and O–H groups in total. The van der Waals surface area contributed by atoms with Crippen LogP contribution < -0.4 is 0 Å². The summed E-state index contributed by atoms with van der Waals surface area (Å²) in [5.74, 6) is 0.199. The second-order valence-corrected chi connectivity index (χ2v) is 4.63. The van der Waals surface area contributed by atoms with E-state index in [0.717, 1.165) is 18.5 Å². The van der Waals surface area contributed by atoms with E-state index in [9.17, 15) is 4.79 Å². The Morgan fingerprint density at radius 3 is 2.75 bits per heavy atom. The maximum absolute atomic E-state index is 11.4. The molecule has 0 saturated carbocycles. The van der Waals surface area contributed by atoms with E-state index < -0.39 is 0 Å². The second-order valence-electron chi connectivity index (χ2n) is 4.63. The van der Waals surface area contributed by atoms with Gasteiger partial charge >= 0.3 is 0 Å². The Morgan fingerprint density at radius 2 is 2.19 bits per heavy atom. The molecule has 16 heavy (non-hydrogen) atoms. The van der Waals surface area contributed by atoms with E-state index in [1.165, 1.54) is 0 Å². The van der Waals surface area contributed by atoms with Crippen LogP contribution in [0.4, 0.5) is 0 Å². The van der Waals surface area contributed by atoms with Gasteiger partial charge in [0.05, 0.1) is 5.60 Å². The molecule has 1 rings (SSSR count). The zero-order valence-corrected chi connectivity index (χ0v) is 10.6. The van der Waals surface area contributed by atoms with Gasteiger partial charge in [0.1, 0.15) is 0 Å². The summed E-state index contributed by atoms with van der Waals surface area (Å²) in [6.45, 7) is 6.88. The van der Waals surface area contributed by atoms with Crippen molar-refractivity contribution in [2.24, 2.45) is 0 Å². The largest absolute Gasteiger partial charge is 0.379 e. The van der Waals surface area contributed by atoms with Crippen LogP contribution in [0.5, 0.6) is 0 Å². The van der Waals surface area contributed by atoms with Crippen LogP contribution in [0.3, 0.4) is 0 Å². The first-order chi connectivity index (χ1) is 7.48. The van der Waals surface area contributed by atoms with Crippen molar-refractivity contribution in [2.75, 3.05) is 7.11 Å². The van der Waals surface area contributed by atoms with Gasteiger partial charge in [-0.3, -0.25) is 4.79 Å². The van der Waals surface area contributed by atoms with Gasteiger partial charge in [-0.05, 0) is 26.3 Å². The molecule has 3 heteroatoms. The summed E-state index contributed by atoms with van der Waals surface area (Å²) in [6, 6.07) is 1.88. The monoisotopic (exact) mass is 223 g/mol. The maximum atomic E-state index is 11.4. The fraction of sp³-hybridized carbons (Fsp3) is 0.615. The van der Waals surface area contributed by atoms with Gasteiger partial charge < -0.3 is 9.30 Å². The van der Waals surface area contributed by atoms with Crippen LogP contribution in [-0.4, -0.2) is 23.1 Å². The van der Waals surface area contributed by atoms with Crippen LogP contribution >= 0.6 is 0 Å². The lowest BCUT2D eigenvalue weighted by molar-refractivity contribution is 0.0121. The molecule has 0 aliphatic rings. The molecule has 3 nitrogen and oxygen atoms in total. The fourth-order valence-electron chi connectivity index (χ4n) is 1.45. The number of aryl methyl sites for hydroxylation is 1. The zero-order valence-electron chi connectivity index (χ0n) is 10.6. The second kappa shape index (κ2) is 5.30. The van der Waals surface area contributed by atoms with Gasteiger partial charge in [-0.25, -0.2) is 0 Å². The van der Waals surface area contributed by atoms with Gasteiger partial charge in [0.15, 0.2) is 5.78 Å². The minimum atomic E-state index is -0.112. The molecule has 1 heterocycles. The molecule has 1 aromatic heterocycles. The van der Waals surface area contributed by atoms with Crippen molar-refractivity contribution in [1.29, 1.82) is 0 Å². The minimum absolute atomic E-state index is 0.112. The van der Waals surface area contributed by atoms with Crippen molar-refractivity contribution in [1.82, 2.24) is 4.57 Å². The lowest BCUT2D eigenvalue weighted by Crippen LogP contribution is -2.24. The van der Waals surface area contributed by atoms with Crippen LogP contribution in [-0.2, 0) is 11.3 Å². The summed E-state index contributed by atoms with van der Waals surface area (Å²) >= 11 is 0. The van der Waals surface area contributed by atoms with E-state index in [1.807, 2.05) is 30.0 Å². The Bertz CT molecular complexity index is 353. The smallest absolute Gasteiger partial charge is 0.164 e. The van der Waals surface area contributed by atoms with Gasteiger partial charge in [-0.2, -0.15) is 0 Å². The van der Waals surface area contributed by atoms with Crippen molar-refractivity contribution < 1.29 is 9.53 Å². The van der Waals surface area contributed by atoms with Gasteiger partial charge in [0, 0.05) is 38.0 Å². The first-order valence-corrected chi connectivity index (χ1v) is 5.72. The van der Waals surface area contributed by atoms with E-state index in [1.54, 1.807) is 7.11 Å². The minimum Gasteiger partial charge on any atom is -0.379 e. The highest BCUT2D eigenvalue weighted by atomic mass is 16.5. The SMILES string of the molecule is CCC(=O)c1ccn(CCC(C)(C)OC)c1. The highest BCUT2D eigenvalue weighted by molar-refractivity contribution is 5.95. The number of carbonyl (C=O) groups is 1. The van der Waals surface area contributed by atoms with Crippen LogP contribution in [0.1, 0.15) is 44.0 Å². The molecule has 0 aromatic carbocycles. The summed E-state index contributed by atoms with van der Waals surface area (Å²) in [5.41, 5.74) is 0.692. The third-order valence-corrected chi connectivity index (χ3v) is 2.92. The number of ether oxygens (including phenoxy) is 1. The number of ketones is 1. The van der Waals surface area contributed by atoms with Gasteiger partial charge in [0.25, 0.3) is 0 Å². The average Bonchev–Trinajstić information content (AvgIpc) is 2.74. The number of hydrogen-bond acceptors (Lipinski definition) is 2. The van der Waals surface area contributed by atoms with E-state index >= 15 is 0 Å². The highest BCUT2D eigenvalue weighted by Gasteiger charge is 2.16. The molecule has 0 amide bonds. The van der Waals surface area contributed by atoms with Crippen LogP contribution in [0.25, 0.3) is 0 Å². The first kappa shape index (κ1) is 13.0. The Labute approximate surface area is 97.4 Å². The summed E-state index contributed by atoms with van der Waals surface area (Å²) in [6.07, 6.45) is 5.36. The molecule has 0 aliphatic carbocycles. The third-order valence-electron chi connectivity index (χ3n) is 2.92. The molecule has 0 saturated heterocycles. The van der Waals surface area contributed by atoms with Crippen LogP contribution in [0, 0.1) is 0 Å². The number of Topliss-reactive ketones (excluding diaryl/α,β-unsaturated/α-hetero) is 1. The maximum Gasteiger partial charge on any atom is 0.164 e. The summed E-state index contributed by atoms with van der Waals surface area (Å²) < 4.78 is 7.40. The number of rotatable bonds is 6. The van der Waals surface area contributed by atoms with Crippen LogP contribution in [0.2, 0.25) is 0 Å². The van der Waals surface area contributed by atoms with Gasteiger partial charge in [0.2, 0.25) is 0 Å². The summed E-state index contributed by atoms with van der Waals surface area (Å²) in [4.78, 5) is 11.4. The molecule has 0 atom stereocenters. The quantitative estimate of drug-likeness (QED) is 0.694. The number of methoxy groups -OCH3 is 1. The third kappa shape index (κ3) is 3.49. The number of carbonyl (C=O) groups excluding carboxylic acids is 1. The Morgan fingerprint density at radius 1 is 1.50 bits per heavy atom. The number of aromatic nitrogens is 1. The molecule has 1 aromatic rings. The summed E-state index contributed by atoms with van der Waals surface area (Å²) in [5, 5.41) is 0. The van der Waals surface area contributed by atoms with Gasteiger partial charge in [-0.1, -0.05) is 6.92 Å². The Hall–Kier alpha value is -1.09.